The average molecular weight is 269 g/mol. The second-order valence-corrected chi connectivity index (χ2v) is 5.50. The van der Waals surface area contributed by atoms with E-state index in [9.17, 15) is 0 Å². The first kappa shape index (κ1) is 13.6. The third kappa shape index (κ3) is 3.82. The Balaban J connectivity index is 1.75. The molecule has 1 aliphatic heterocycles. The van der Waals surface area contributed by atoms with E-state index in [4.69, 9.17) is 11.6 Å². The molecule has 0 aliphatic carbocycles. The van der Waals surface area contributed by atoms with E-state index in [1.165, 1.54) is 25.9 Å². The topological polar surface area (TPSA) is 41.0 Å². The van der Waals surface area contributed by atoms with Crippen molar-refractivity contribution >= 4 is 17.4 Å². The van der Waals surface area contributed by atoms with Gasteiger partial charge in [0.05, 0.1) is 0 Å². The van der Waals surface area contributed by atoms with Crippen molar-refractivity contribution < 1.29 is 0 Å². The fourth-order valence-electron chi connectivity index (χ4n) is 2.36. The van der Waals surface area contributed by atoms with E-state index in [-0.39, 0.29) is 0 Å². The molecule has 18 heavy (non-hydrogen) atoms. The van der Waals surface area contributed by atoms with Crippen LogP contribution in [0.2, 0.25) is 5.28 Å². The number of halogens is 1. The number of nitrogens with zero attached hydrogens (tertiary/aromatic N) is 3. The molecule has 100 valence electrons. The van der Waals surface area contributed by atoms with Gasteiger partial charge in [-0.25, -0.2) is 9.97 Å². The summed E-state index contributed by atoms with van der Waals surface area (Å²) < 4.78 is 0. The maximum absolute atomic E-state index is 5.75. The van der Waals surface area contributed by atoms with Crippen LogP contribution in [-0.2, 0) is 0 Å². The number of piperidine rings is 1. The van der Waals surface area contributed by atoms with Crippen molar-refractivity contribution in [2.45, 2.75) is 32.7 Å². The third-order valence-corrected chi connectivity index (χ3v) is 3.76. The van der Waals surface area contributed by atoms with Crippen LogP contribution in [0.3, 0.4) is 0 Å². The summed E-state index contributed by atoms with van der Waals surface area (Å²) in [6, 6.07) is 2.52. The normalized spacial score (nSPS) is 18.2. The summed E-state index contributed by atoms with van der Waals surface area (Å²) in [5, 5.41) is 3.65. The molecule has 2 rings (SSSR count). The van der Waals surface area contributed by atoms with Crippen molar-refractivity contribution in [1.29, 1.82) is 0 Å². The Labute approximate surface area is 114 Å². The summed E-state index contributed by atoms with van der Waals surface area (Å²) in [7, 11) is 0. The standard InChI is InChI=1S/C13H21ClN4/c1-10(2)18-7-4-11(5-8-18)9-16-12-3-6-15-13(14)17-12/h3,6,10-11H,4-5,7-9H2,1-2H3,(H,15,16,17). The van der Waals surface area contributed by atoms with E-state index >= 15 is 0 Å². The SMILES string of the molecule is CC(C)N1CCC(CNc2ccnc(Cl)n2)CC1. The van der Waals surface area contributed by atoms with Crippen LogP contribution in [-0.4, -0.2) is 40.5 Å². The average Bonchev–Trinajstić information content (AvgIpc) is 2.37. The van der Waals surface area contributed by atoms with Gasteiger partial charge >= 0.3 is 0 Å². The minimum atomic E-state index is 0.301. The summed E-state index contributed by atoms with van der Waals surface area (Å²) in [6.07, 6.45) is 4.19. The molecule has 0 amide bonds. The van der Waals surface area contributed by atoms with E-state index in [1.807, 2.05) is 6.07 Å². The van der Waals surface area contributed by atoms with E-state index in [2.05, 4.69) is 34.0 Å². The number of hydrogen-bond acceptors (Lipinski definition) is 4. The molecule has 1 fully saturated rings. The summed E-state index contributed by atoms with van der Waals surface area (Å²) in [4.78, 5) is 10.5. The maximum Gasteiger partial charge on any atom is 0.224 e. The highest BCUT2D eigenvalue weighted by Crippen LogP contribution is 2.19. The molecule has 1 saturated heterocycles. The number of nitrogens with one attached hydrogen (secondary N) is 1. The zero-order valence-corrected chi connectivity index (χ0v) is 11.8. The van der Waals surface area contributed by atoms with Gasteiger partial charge in [0.25, 0.3) is 0 Å². The molecule has 4 nitrogen and oxygen atoms in total. The Morgan fingerprint density at radius 3 is 2.78 bits per heavy atom. The van der Waals surface area contributed by atoms with Crippen LogP contribution in [0.15, 0.2) is 12.3 Å². The van der Waals surface area contributed by atoms with Gasteiger partial charge in [-0.05, 0) is 63.4 Å². The summed E-state index contributed by atoms with van der Waals surface area (Å²) >= 11 is 5.75. The zero-order chi connectivity index (χ0) is 13.0. The summed E-state index contributed by atoms with van der Waals surface area (Å²) in [5.74, 6) is 1.55. The number of aromatic nitrogens is 2. The molecule has 2 heterocycles. The lowest BCUT2D eigenvalue weighted by atomic mass is 9.96. The van der Waals surface area contributed by atoms with Gasteiger partial charge in [0, 0.05) is 18.8 Å². The highest BCUT2D eigenvalue weighted by atomic mass is 35.5. The van der Waals surface area contributed by atoms with Crippen molar-refractivity contribution in [3.63, 3.8) is 0 Å². The Hall–Kier alpha value is -0.870. The van der Waals surface area contributed by atoms with Crippen LogP contribution in [0.25, 0.3) is 0 Å². The maximum atomic E-state index is 5.75. The largest absolute Gasteiger partial charge is 0.370 e. The fourth-order valence-corrected chi connectivity index (χ4v) is 2.50. The van der Waals surface area contributed by atoms with Crippen molar-refractivity contribution in [2.75, 3.05) is 25.0 Å². The molecule has 0 unspecified atom stereocenters. The lowest BCUT2D eigenvalue weighted by Crippen LogP contribution is -2.39. The van der Waals surface area contributed by atoms with Crippen molar-refractivity contribution in [1.82, 2.24) is 14.9 Å². The van der Waals surface area contributed by atoms with Crippen LogP contribution in [0, 0.1) is 5.92 Å². The fraction of sp³-hybridized carbons (Fsp3) is 0.692. The molecule has 5 heteroatoms. The molecule has 0 atom stereocenters. The molecule has 1 aliphatic rings. The van der Waals surface area contributed by atoms with Crippen LogP contribution < -0.4 is 5.32 Å². The Bertz CT molecular complexity index is 375. The molecule has 0 radical (unpaired) electrons. The van der Waals surface area contributed by atoms with Crippen molar-refractivity contribution in [3.05, 3.63) is 17.5 Å². The smallest absolute Gasteiger partial charge is 0.224 e. The van der Waals surface area contributed by atoms with E-state index in [0.717, 1.165) is 18.3 Å². The van der Waals surface area contributed by atoms with Crippen molar-refractivity contribution in [2.24, 2.45) is 5.92 Å². The highest BCUT2D eigenvalue weighted by molar-refractivity contribution is 6.28. The Morgan fingerprint density at radius 1 is 1.44 bits per heavy atom. The lowest BCUT2D eigenvalue weighted by molar-refractivity contribution is 0.153. The van der Waals surface area contributed by atoms with Crippen LogP contribution in [0.5, 0.6) is 0 Å². The van der Waals surface area contributed by atoms with Crippen molar-refractivity contribution in [3.8, 4) is 0 Å². The van der Waals surface area contributed by atoms with Gasteiger partial charge in [-0.1, -0.05) is 0 Å². The van der Waals surface area contributed by atoms with Crippen LogP contribution >= 0.6 is 11.6 Å². The molecule has 1 aromatic rings. The number of likely N-dealkylation sites (tertiary alicyclic amines) is 1. The van der Waals surface area contributed by atoms with Gasteiger partial charge in [0.15, 0.2) is 0 Å². The summed E-state index contributed by atoms with van der Waals surface area (Å²) in [6.45, 7) is 7.91. The predicted molar refractivity (Wildman–Crippen MR) is 75.0 cm³/mol. The zero-order valence-electron chi connectivity index (χ0n) is 11.1. The van der Waals surface area contributed by atoms with Gasteiger partial charge < -0.3 is 10.2 Å². The Morgan fingerprint density at radius 2 is 2.17 bits per heavy atom. The van der Waals surface area contributed by atoms with Gasteiger partial charge in [-0.2, -0.15) is 0 Å². The van der Waals surface area contributed by atoms with E-state index < -0.39 is 0 Å². The predicted octanol–water partition coefficient (Wildman–Crippen LogP) is 2.66. The minimum absolute atomic E-state index is 0.301. The van der Waals surface area contributed by atoms with Crippen LogP contribution in [0.1, 0.15) is 26.7 Å². The molecule has 1 N–H and O–H groups in total. The van der Waals surface area contributed by atoms with Gasteiger partial charge in [0.1, 0.15) is 5.82 Å². The van der Waals surface area contributed by atoms with Gasteiger partial charge in [0.2, 0.25) is 5.28 Å². The van der Waals surface area contributed by atoms with Gasteiger partial charge in [-0.3, -0.25) is 0 Å². The summed E-state index contributed by atoms with van der Waals surface area (Å²) in [5.41, 5.74) is 0. The molecule has 0 spiro atoms. The monoisotopic (exact) mass is 268 g/mol. The minimum Gasteiger partial charge on any atom is -0.370 e. The first-order valence-electron chi connectivity index (χ1n) is 6.61. The quantitative estimate of drug-likeness (QED) is 0.853. The van der Waals surface area contributed by atoms with Crippen LogP contribution in [0.4, 0.5) is 5.82 Å². The second-order valence-electron chi connectivity index (χ2n) is 5.16. The molecule has 1 aromatic heterocycles. The highest BCUT2D eigenvalue weighted by Gasteiger charge is 2.20. The Kier molecular flexibility index (Phi) is 4.78. The molecular weight excluding hydrogens is 248 g/mol. The van der Waals surface area contributed by atoms with E-state index in [1.54, 1.807) is 6.20 Å². The number of hydrogen-bond donors (Lipinski definition) is 1. The number of anilines is 1. The lowest BCUT2D eigenvalue weighted by Gasteiger charge is -2.34. The number of rotatable bonds is 4. The molecule has 0 bridgehead atoms. The molecule has 0 saturated carbocycles. The second kappa shape index (κ2) is 6.34. The first-order valence-corrected chi connectivity index (χ1v) is 6.99. The molecular formula is C13H21ClN4. The van der Waals surface area contributed by atoms with Gasteiger partial charge in [-0.15, -0.1) is 0 Å². The van der Waals surface area contributed by atoms with E-state index in [0.29, 0.717) is 11.3 Å². The third-order valence-electron chi connectivity index (χ3n) is 3.58. The molecule has 0 aromatic carbocycles. The first-order chi connectivity index (χ1) is 8.65.